The number of rotatable bonds is 2. The van der Waals surface area contributed by atoms with Crippen molar-refractivity contribution in [1.29, 1.82) is 0 Å². The maximum absolute atomic E-state index is 12.8. The second-order valence-corrected chi connectivity index (χ2v) is 4.43. The summed E-state index contributed by atoms with van der Waals surface area (Å²) in [6, 6.07) is 0. The van der Waals surface area contributed by atoms with Gasteiger partial charge in [0.1, 0.15) is 11.0 Å². The van der Waals surface area contributed by atoms with E-state index in [1.54, 1.807) is 0 Å². The van der Waals surface area contributed by atoms with Crippen molar-refractivity contribution in [1.82, 2.24) is 0 Å². The SMILES string of the molecule is O=C(O)C1(C2(O)CCOC2)CC(F)(F)C1. The average Bonchev–Trinajstić information content (AvgIpc) is 2.48. The quantitative estimate of drug-likeness (QED) is 0.719. The first-order valence-electron chi connectivity index (χ1n) is 4.73. The molecule has 2 aliphatic rings. The van der Waals surface area contributed by atoms with Crippen molar-refractivity contribution < 1.29 is 28.5 Å². The highest BCUT2D eigenvalue weighted by Gasteiger charge is 2.71. The van der Waals surface area contributed by atoms with Gasteiger partial charge in [0.05, 0.1) is 6.61 Å². The van der Waals surface area contributed by atoms with Gasteiger partial charge in [-0.05, 0) is 0 Å². The Labute approximate surface area is 84.8 Å². The second kappa shape index (κ2) is 2.89. The summed E-state index contributed by atoms with van der Waals surface area (Å²) >= 11 is 0. The fourth-order valence-electron chi connectivity index (χ4n) is 2.44. The molecular formula is C9H12F2O4. The number of aliphatic carboxylic acids is 1. The minimum atomic E-state index is -2.98. The van der Waals surface area contributed by atoms with E-state index in [2.05, 4.69) is 0 Å². The Bertz CT molecular complexity index is 288. The zero-order valence-corrected chi connectivity index (χ0v) is 8.00. The van der Waals surface area contributed by atoms with Crippen molar-refractivity contribution >= 4 is 5.97 Å². The highest BCUT2D eigenvalue weighted by atomic mass is 19.3. The molecule has 2 N–H and O–H groups in total. The Morgan fingerprint density at radius 1 is 1.33 bits per heavy atom. The molecule has 2 rings (SSSR count). The van der Waals surface area contributed by atoms with E-state index in [0.717, 1.165) is 0 Å². The first kappa shape index (κ1) is 10.8. The molecule has 1 aliphatic carbocycles. The molecule has 86 valence electrons. The van der Waals surface area contributed by atoms with Gasteiger partial charge in [0.25, 0.3) is 5.92 Å². The fourth-order valence-corrected chi connectivity index (χ4v) is 2.44. The van der Waals surface area contributed by atoms with Crippen LogP contribution in [0.25, 0.3) is 0 Å². The molecular weight excluding hydrogens is 210 g/mol. The van der Waals surface area contributed by atoms with Crippen LogP contribution in [0.2, 0.25) is 0 Å². The van der Waals surface area contributed by atoms with E-state index < -0.39 is 35.7 Å². The topological polar surface area (TPSA) is 66.8 Å². The molecule has 0 spiro atoms. The van der Waals surface area contributed by atoms with E-state index >= 15 is 0 Å². The van der Waals surface area contributed by atoms with Gasteiger partial charge in [0.15, 0.2) is 0 Å². The average molecular weight is 222 g/mol. The molecule has 2 fully saturated rings. The predicted molar refractivity (Wildman–Crippen MR) is 44.6 cm³/mol. The molecule has 0 radical (unpaired) electrons. The third kappa shape index (κ3) is 1.35. The molecule has 1 saturated carbocycles. The number of aliphatic hydroxyl groups is 1. The number of hydrogen-bond acceptors (Lipinski definition) is 3. The van der Waals surface area contributed by atoms with Gasteiger partial charge in [-0.2, -0.15) is 0 Å². The Kier molecular flexibility index (Phi) is 2.07. The van der Waals surface area contributed by atoms with E-state index in [-0.39, 0.29) is 19.6 Å². The number of halogens is 2. The minimum absolute atomic E-state index is 0.107. The van der Waals surface area contributed by atoms with Crippen molar-refractivity contribution in [2.24, 2.45) is 5.41 Å². The second-order valence-electron chi connectivity index (χ2n) is 4.43. The van der Waals surface area contributed by atoms with Crippen molar-refractivity contribution in [3.05, 3.63) is 0 Å². The number of hydrogen-bond donors (Lipinski definition) is 2. The molecule has 1 saturated heterocycles. The summed E-state index contributed by atoms with van der Waals surface area (Å²) in [5, 5.41) is 19.0. The zero-order valence-electron chi connectivity index (χ0n) is 8.00. The first-order chi connectivity index (χ1) is 6.81. The van der Waals surface area contributed by atoms with Gasteiger partial charge in [0, 0.05) is 25.9 Å². The van der Waals surface area contributed by atoms with Crippen LogP contribution in [0.4, 0.5) is 8.78 Å². The maximum Gasteiger partial charge on any atom is 0.313 e. The van der Waals surface area contributed by atoms with E-state index in [0.29, 0.717) is 0 Å². The van der Waals surface area contributed by atoms with Gasteiger partial charge < -0.3 is 14.9 Å². The van der Waals surface area contributed by atoms with E-state index in [1.807, 2.05) is 0 Å². The molecule has 0 bridgehead atoms. The van der Waals surface area contributed by atoms with Crippen LogP contribution in [0.15, 0.2) is 0 Å². The Hall–Kier alpha value is -0.750. The largest absolute Gasteiger partial charge is 0.481 e. The third-order valence-corrected chi connectivity index (χ3v) is 3.42. The highest BCUT2D eigenvalue weighted by Crippen LogP contribution is 2.59. The Morgan fingerprint density at radius 3 is 2.27 bits per heavy atom. The van der Waals surface area contributed by atoms with Crippen molar-refractivity contribution in [2.45, 2.75) is 30.8 Å². The van der Waals surface area contributed by atoms with Crippen LogP contribution in [-0.4, -0.2) is 40.9 Å². The predicted octanol–water partition coefficient (Wildman–Crippen LogP) is 0.638. The minimum Gasteiger partial charge on any atom is -0.481 e. The molecule has 0 aromatic carbocycles. The smallest absolute Gasteiger partial charge is 0.313 e. The monoisotopic (exact) mass is 222 g/mol. The van der Waals surface area contributed by atoms with Gasteiger partial charge in [-0.25, -0.2) is 8.78 Å². The summed E-state index contributed by atoms with van der Waals surface area (Å²) in [4.78, 5) is 11.0. The van der Waals surface area contributed by atoms with Gasteiger partial charge >= 0.3 is 5.97 Å². The van der Waals surface area contributed by atoms with Gasteiger partial charge in [-0.15, -0.1) is 0 Å². The zero-order chi connectivity index (χ0) is 11.3. The molecule has 1 atom stereocenters. The van der Waals surface area contributed by atoms with Gasteiger partial charge in [-0.1, -0.05) is 0 Å². The molecule has 6 heteroatoms. The lowest BCUT2D eigenvalue weighted by atomic mass is 9.56. The van der Waals surface area contributed by atoms with Crippen molar-refractivity contribution in [3.8, 4) is 0 Å². The van der Waals surface area contributed by atoms with Gasteiger partial charge in [-0.3, -0.25) is 4.79 Å². The van der Waals surface area contributed by atoms with E-state index in [9.17, 15) is 18.7 Å². The van der Waals surface area contributed by atoms with Crippen LogP contribution in [-0.2, 0) is 9.53 Å². The van der Waals surface area contributed by atoms with E-state index in [4.69, 9.17) is 9.84 Å². The van der Waals surface area contributed by atoms with Crippen molar-refractivity contribution in [2.75, 3.05) is 13.2 Å². The summed E-state index contributed by atoms with van der Waals surface area (Å²) < 4.78 is 30.5. The van der Waals surface area contributed by atoms with Crippen molar-refractivity contribution in [3.63, 3.8) is 0 Å². The standard InChI is InChI=1S/C9H12F2O4/c10-9(11)3-7(4-9,6(12)13)8(14)1-2-15-5-8/h14H,1-5H2,(H,12,13). The molecule has 0 amide bonds. The summed E-state index contributed by atoms with van der Waals surface area (Å²) in [6.45, 7) is 0.0481. The number of carboxylic acids is 1. The molecule has 1 heterocycles. The first-order valence-corrected chi connectivity index (χ1v) is 4.73. The summed E-state index contributed by atoms with van der Waals surface area (Å²) in [7, 11) is 0. The highest BCUT2D eigenvalue weighted by molar-refractivity contribution is 5.78. The molecule has 15 heavy (non-hydrogen) atoms. The molecule has 1 unspecified atom stereocenters. The summed E-state index contributed by atoms with van der Waals surface area (Å²) in [5.41, 5.74) is -3.37. The van der Waals surface area contributed by atoms with Crippen LogP contribution < -0.4 is 0 Å². The van der Waals surface area contributed by atoms with Crippen LogP contribution in [0.3, 0.4) is 0 Å². The maximum atomic E-state index is 12.8. The number of ether oxygens (including phenoxy) is 1. The Morgan fingerprint density at radius 2 is 1.93 bits per heavy atom. The van der Waals surface area contributed by atoms with Gasteiger partial charge in [0.2, 0.25) is 0 Å². The summed E-state index contributed by atoms with van der Waals surface area (Å²) in [5.74, 6) is -4.34. The summed E-state index contributed by atoms with van der Waals surface area (Å²) in [6.07, 6.45) is -1.49. The molecule has 1 aliphatic heterocycles. The van der Waals surface area contributed by atoms with E-state index in [1.165, 1.54) is 0 Å². The fraction of sp³-hybridized carbons (Fsp3) is 0.889. The molecule has 0 aromatic rings. The third-order valence-electron chi connectivity index (χ3n) is 3.42. The lowest BCUT2D eigenvalue weighted by Gasteiger charge is -2.51. The molecule has 4 nitrogen and oxygen atoms in total. The number of carbonyl (C=O) groups is 1. The number of carboxylic acid groups (broad SMARTS) is 1. The van der Waals surface area contributed by atoms with Crippen LogP contribution in [0.5, 0.6) is 0 Å². The Balaban J connectivity index is 2.26. The molecule has 0 aromatic heterocycles. The lowest BCUT2D eigenvalue weighted by Crippen LogP contribution is -2.64. The lowest BCUT2D eigenvalue weighted by molar-refractivity contribution is -0.243. The number of alkyl halides is 2. The normalized spacial score (nSPS) is 37.3. The van der Waals surface area contributed by atoms with Crippen LogP contribution in [0, 0.1) is 5.41 Å². The van der Waals surface area contributed by atoms with Crippen LogP contribution >= 0.6 is 0 Å². The van der Waals surface area contributed by atoms with Crippen LogP contribution in [0.1, 0.15) is 19.3 Å².